The number of carbonyl (C=O) groups is 1. The van der Waals surface area contributed by atoms with Gasteiger partial charge in [-0.15, -0.1) is 0 Å². The fourth-order valence-electron chi connectivity index (χ4n) is 1.44. The lowest BCUT2D eigenvalue weighted by atomic mass is 10.1. The number of nitrogens with zero attached hydrogens (tertiary/aromatic N) is 1. The maximum absolute atomic E-state index is 10.9. The van der Waals surface area contributed by atoms with Gasteiger partial charge >= 0.3 is 0 Å². The van der Waals surface area contributed by atoms with E-state index >= 15 is 0 Å². The molecule has 0 amide bonds. The molecule has 0 unspecified atom stereocenters. The van der Waals surface area contributed by atoms with E-state index in [1.54, 1.807) is 14.2 Å². The van der Waals surface area contributed by atoms with E-state index in [4.69, 9.17) is 9.47 Å². The van der Waals surface area contributed by atoms with Crippen LogP contribution in [0.5, 0.6) is 0 Å². The summed E-state index contributed by atoms with van der Waals surface area (Å²) in [4.78, 5) is 13.1. The van der Waals surface area contributed by atoms with Gasteiger partial charge in [0.1, 0.15) is 5.78 Å². The van der Waals surface area contributed by atoms with Crippen molar-refractivity contribution in [3.8, 4) is 0 Å². The van der Waals surface area contributed by atoms with Crippen molar-refractivity contribution in [1.82, 2.24) is 4.90 Å². The normalized spacial score (nSPS) is 19.8. The molecule has 1 aliphatic rings. The molecule has 13 heavy (non-hydrogen) atoms. The lowest BCUT2D eigenvalue weighted by molar-refractivity contribution is -0.129. The molecule has 1 fully saturated rings. The lowest BCUT2D eigenvalue weighted by Crippen LogP contribution is -2.40. The van der Waals surface area contributed by atoms with Crippen LogP contribution in [0.2, 0.25) is 0 Å². The van der Waals surface area contributed by atoms with E-state index < -0.39 is 0 Å². The highest BCUT2D eigenvalue weighted by atomic mass is 16.7. The number of ketones is 1. The van der Waals surface area contributed by atoms with Crippen molar-refractivity contribution in [3.63, 3.8) is 0 Å². The average Bonchev–Trinajstić information content (AvgIpc) is 2.17. The molecule has 4 nitrogen and oxygen atoms in total. The molecular formula is C9H17NO3. The van der Waals surface area contributed by atoms with Crippen molar-refractivity contribution in [3.05, 3.63) is 0 Å². The van der Waals surface area contributed by atoms with Crippen molar-refractivity contribution in [2.75, 3.05) is 33.9 Å². The third-order valence-corrected chi connectivity index (χ3v) is 2.35. The molecule has 0 atom stereocenters. The van der Waals surface area contributed by atoms with Crippen LogP contribution in [0.25, 0.3) is 0 Å². The Labute approximate surface area is 78.8 Å². The first-order chi connectivity index (χ1) is 6.26. The van der Waals surface area contributed by atoms with Gasteiger partial charge in [0.05, 0.1) is 0 Å². The Morgan fingerprint density at radius 1 is 1.31 bits per heavy atom. The molecule has 0 aromatic rings. The van der Waals surface area contributed by atoms with Crippen LogP contribution in [-0.4, -0.2) is 50.8 Å². The van der Waals surface area contributed by atoms with Crippen LogP contribution < -0.4 is 0 Å². The number of hydrogen-bond donors (Lipinski definition) is 0. The molecule has 0 saturated carbocycles. The number of carbonyl (C=O) groups excluding carboxylic acids is 1. The Bertz CT molecular complexity index is 158. The molecule has 1 saturated heterocycles. The van der Waals surface area contributed by atoms with E-state index in [2.05, 4.69) is 4.90 Å². The van der Waals surface area contributed by atoms with Crippen LogP contribution in [-0.2, 0) is 14.3 Å². The van der Waals surface area contributed by atoms with Gasteiger partial charge in [-0.2, -0.15) is 0 Å². The Balaban J connectivity index is 2.24. The van der Waals surface area contributed by atoms with Gasteiger partial charge in [-0.25, -0.2) is 0 Å². The van der Waals surface area contributed by atoms with Crippen LogP contribution in [0.4, 0.5) is 0 Å². The zero-order valence-corrected chi connectivity index (χ0v) is 8.28. The predicted octanol–water partition coefficient (Wildman–Crippen LogP) is 0.270. The minimum Gasteiger partial charge on any atom is -0.355 e. The number of rotatable bonds is 4. The average molecular weight is 187 g/mol. The summed E-state index contributed by atoms with van der Waals surface area (Å²) in [5.41, 5.74) is 0. The molecule has 4 heteroatoms. The minimum atomic E-state index is -0.173. The smallest absolute Gasteiger partial charge is 0.169 e. The lowest BCUT2D eigenvalue weighted by Gasteiger charge is -2.28. The molecule has 1 rings (SSSR count). The molecule has 0 aromatic carbocycles. The third-order valence-electron chi connectivity index (χ3n) is 2.35. The fourth-order valence-corrected chi connectivity index (χ4v) is 1.44. The number of ether oxygens (including phenoxy) is 2. The standard InChI is InChI=1S/C9H17NO3/c1-12-9(13-2)7-10-5-3-8(11)4-6-10/h9H,3-7H2,1-2H3. The van der Waals surface area contributed by atoms with Crippen molar-refractivity contribution in [2.45, 2.75) is 19.1 Å². The molecule has 0 bridgehead atoms. The summed E-state index contributed by atoms with van der Waals surface area (Å²) in [5, 5.41) is 0. The van der Waals surface area contributed by atoms with E-state index in [9.17, 15) is 4.79 Å². The summed E-state index contributed by atoms with van der Waals surface area (Å²) in [6, 6.07) is 0. The highest BCUT2D eigenvalue weighted by molar-refractivity contribution is 5.79. The maximum Gasteiger partial charge on any atom is 0.169 e. The molecule has 0 aliphatic carbocycles. The van der Waals surface area contributed by atoms with Gasteiger partial charge in [-0.1, -0.05) is 0 Å². The second kappa shape index (κ2) is 5.32. The van der Waals surface area contributed by atoms with Gasteiger partial charge in [0, 0.05) is 46.7 Å². The van der Waals surface area contributed by atoms with Crippen molar-refractivity contribution in [2.24, 2.45) is 0 Å². The monoisotopic (exact) mass is 187 g/mol. The Morgan fingerprint density at radius 3 is 2.31 bits per heavy atom. The fraction of sp³-hybridized carbons (Fsp3) is 0.889. The van der Waals surface area contributed by atoms with Crippen LogP contribution in [0.3, 0.4) is 0 Å². The van der Waals surface area contributed by atoms with Crippen LogP contribution in [0.1, 0.15) is 12.8 Å². The summed E-state index contributed by atoms with van der Waals surface area (Å²) in [5.74, 6) is 0.364. The van der Waals surface area contributed by atoms with E-state index in [0.29, 0.717) is 18.6 Å². The summed E-state index contributed by atoms with van der Waals surface area (Å²) in [6.45, 7) is 2.42. The molecule has 76 valence electrons. The topological polar surface area (TPSA) is 38.8 Å². The first kappa shape index (κ1) is 10.6. The summed E-state index contributed by atoms with van der Waals surface area (Å²) >= 11 is 0. The molecular weight excluding hydrogens is 170 g/mol. The highest BCUT2D eigenvalue weighted by Gasteiger charge is 2.18. The van der Waals surface area contributed by atoms with E-state index in [1.807, 2.05) is 0 Å². The SMILES string of the molecule is COC(CN1CCC(=O)CC1)OC. The van der Waals surface area contributed by atoms with Crippen LogP contribution in [0.15, 0.2) is 0 Å². The molecule has 1 heterocycles. The van der Waals surface area contributed by atoms with Gasteiger partial charge in [-0.3, -0.25) is 9.69 Å². The number of Topliss-reactive ketones (excluding diaryl/α,β-unsaturated/α-hetero) is 1. The zero-order chi connectivity index (χ0) is 9.68. The second-order valence-electron chi connectivity index (χ2n) is 3.24. The van der Waals surface area contributed by atoms with Gasteiger partial charge in [-0.05, 0) is 0 Å². The molecule has 1 aliphatic heterocycles. The number of piperidine rings is 1. The number of hydrogen-bond acceptors (Lipinski definition) is 4. The quantitative estimate of drug-likeness (QED) is 0.592. The predicted molar refractivity (Wildman–Crippen MR) is 48.5 cm³/mol. The summed E-state index contributed by atoms with van der Waals surface area (Å²) in [7, 11) is 3.26. The Hall–Kier alpha value is -0.450. The highest BCUT2D eigenvalue weighted by Crippen LogP contribution is 2.07. The molecule has 0 N–H and O–H groups in total. The van der Waals surface area contributed by atoms with Crippen LogP contribution in [0, 0.1) is 0 Å². The van der Waals surface area contributed by atoms with Crippen molar-refractivity contribution < 1.29 is 14.3 Å². The second-order valence-corrected chi connectivity index (χ2v) is 3.24. The number of methoxy groups -OCH3 is 2. The Kier molecular flexibility index (Phi) is 4.35. The first-order valence-electron chi connectivity index (χ1n) is 4.56. The Morgan fingerprint density at radius 2 is 1.85 bits per heavy atom. The molecule has 0 aromatic heterocycles. The van der Waals surface area contributed by atoms with Gasteiger partial charge in [0.25, 0.3) is 0 Å². The van der Waals surface area contributed by atoms with E-state index in [1.165, 1.54) is 0 Å². The van der Waals surface area contributed by atoms with Crippen LogP contribution >= 0.6 is 0 Å². The minimum absolute atomic E-state index is 0.173. The zero-order valence-electron chi connectivity index (χ0n) is 8.28. The maximum atomic E-state index is 10.9. The summed E-state index contributed by atoms with van der Waals surface area (Å²) < 4.78 is 10.2. The van der Waals surface area contributed by atoms with Crippen molar-refractivity contribution in [1.29, 1.82) is 0 Å². The number of likely N-dealkylation sites (tertiary alicyclic amines) is 1. The molecule has 0 radical (unpaired) electrons. The van der Waals surface area contributed by atoms with E-state index in [-0.39, 0.29) is 6.29 Å². The van der Waals surface area contributed by atoms with E-state index in [0.717, 1.165) is 19.6 Å². The van der Waals surface area contributed by atoms with Gasteiger partial charge in [0.2, 0.25) is 0 Å². The third kappa shape index (κ3) is 3.42. The molecule has 0 spiro atoms. The van der Waals surface area contributed by atoms with Gasteiger partial charge in [0.15, 0.2) is 6.29 Å². The first-order valence-corrected chi connectivity index (χ1v) is 4.56. The van der Waals surface area contributed by atoms with Crippen molar-refractivity contribution >= 4 is 5.78 Å². The largest absolute Gasteiger partial charge is 0.355 e. The van der Waals surface area contributed by atoms with Gasteiger partial charge < -0.3 is 9.47 Å². The summed E-state index contributed by atoms with van der Waals surface area (Å²) in [6.07, 6.45) is 1.16.